The number of nitrogens with one attached hydrogen (secondary N) is 1. The predicted octanol–water partition coefficient (Wildman–Crippen LogP) is 2.99. The second-order valence-electron chi connectivity index (χ2n) is 4.88. The molecule has 1 amide bonds. The van der Waals surface area contributed by atoms with Gasteiger partial charge in [-0.05, 0) is 38.0 Å². The van der Waals surface area contributed by atoms with Gasteiger partial charge in [-0.1, -0.05) is 37.3 Å². The van der Waals surface area contributed by atoms with Crippen LogP contribution in [0.5, 0.6) is 0 Å². The van der Waals surface area contributed by atoms with Crippen molar-refractivity contribution in [2.75, 3.05) is 6.61 Å². The highest BCUT2D eigenvalue weighted by Crippen LogP contribution is 2.19. The molecule has 4 heteroatoms. The number of hydrogen-bond acceptors (Lipinski definition) is 2. The minimum Gasteiger partial charge on any atom is -0.384 e. The minimum atomic E-state index is -0.218. The van der Waals surface area contributed by atoms with Gasteiger partial charge >= 0.3 is 0 Å². The first-order chi connectivity index (χ1) is 9.45. The SMILES string of the molecule is CCC(C)(CC)NC(=O)c1ccc(C#CCO)c(Cl)c1. The summed E-state index contributed by atoms with van der Waals surface area (Å²) in [7, 11) is 0. The molecular formula is C16H20ClNO2. The van der Waals surface area contributed by atoms with E-state index < -0.39 is 0 Å². The molecule has 0 heterocycles. The lowest BCUT2D eigenvalue weighted by molar-refractivity contribution is 0.0901. The first-order valence-electron chi connectivity index (χ1n) is 6.67. The first-order valence-corrected chi connectivity index (χ1v) is 7.05. The van der Waals surface area contributed by atoms with Crippen LogP contribution in [0.2, 0.25) is 5.02 Å². The number of carbonyl (C=O) groups is 1. The fourth-order valence-electron chi connectivity index (χ4n) is 1.67. The summed E-state index contributed by atoms with van der Waals surface area (Å²) >= 11 is 6.08. The van der Waals surface area contributed by atoms with Gasteiger partial charge in [0.25, 0.3) is 5.91 Å². The number of aliphatic hydroxyl groups is 1. The van der Waals surface area contributed by atoms with Gasteiger partial charge in [-0.25, -0.2) is 0 Å². The third kappa shape index (κ3) is 4.26. The summed E-state index contributed by atoms with van der Waals surface area (Å²) in [5.74, 6) is 5.13. The van der Waals surface area contributed by atoms with E-state index in [4.69, 9.17) is 16.7 Å². The summed E-state index contributed by atoms with van der Waals surface area (Å²) in [6.45, 7) is 5.90. The fraction of sp³-hybridized carbons (Fsp3) is 0.438. The van der Waals surface area contributed by atoms with E-state index in [2.05, 4.69) is 17.2 Å². The molecule has 20 heavy (non-hydrogen) atoms. The maximum Gasteiger partial charge on any atom is 0.251 e. The minimum absolute atomic E-state index is 0.139. The second kappa shape index (κ2) is 7.33. The van der Waals surface area contributed by atoms with Crippen LogP contribution in [0.1, 0.15) is 49.5 Å². The molecule has 0 atom stereocenters. The molecule has 0 bridgehead atoms. The van der Waals surface area contributed by atoms with Crippen molar-refractivity contribution in [1.29, 1.82) is 0 Å². The van der Waals surface area contributed by atoms with Gasteiger partial charge < -0.3 is 10.4 Å². The number of carbonyl (C=O) groups excluding carboxylic acids is 1. The van der Waals surface area contributed by atoms with Gasteiger partial charge in [-0.15, -0.1) is 0 Å². The van der Waals surface area contributed by atoms with E-state index in [-0.39, 0.29) is 18.1 Å². The van der Waals surface area contributed by atoms with Crippen LogP contribution in [0, 0.1) is 11.8 Å². The van der Waals surface area contributed by atoms with Crippen LogP contribution in [0.25, 0.3) is 0 Å². The van der Waals surface area contributed by atoms with E-state index in [9.17, 15) is 4.79 Å². The molecule has 2 N–H and O–H groups in total. The molecule has 0 aromatic heterocycles. The molecule has 0 aliphatic heterocycles. The zero-order valence-corrected chi connectivity index (χ0v) is 12.8. The Kier molecular flexibility index (Phi) is 6.06. The Bertz CT molecular complexity index is 539. The number of hydrogen-bond donors (Lipinski definition) is 2. The van der Waals surface area contributed by atoms with Crippen molar-refractivity contribution < 1.29 is 9.90 Å². The predicted molar refractivity (Wildman–Crippen MR) is 81.9 cm³/mol. The average Bonchev–Trinajstić information content (AvgIpc) is 2.45. The molecule has 0 saturated heterocycles. The van der Waals surface area contributed by atoms with Gasteiger partial charge in [-0.2, -0.15) is 0 Å². The number of benzene rings is 1. The lowest BCUT2D eigenvalue weighted by Crippen LogP contribution is -2.44. The van der Waals surface area contributed by atoms with E-state index in [0.717, 1.165) is 12.8 Å². The van der Waals surface area contributed by atoms with Crippen LogP contribution in [0.15, 0.2) is 18.2 Å². The van der Waals surface area contributed by atoms with Crippen molar-refractivity contribution in [2.24, 2.45) is 0 Å². The zero-order chi connectivity index (χ0) is 15.2. The normalized spacial score (nSPS) is 10.7. The van der Waals surface area contributed by atoms with E-state index in [1.54, 1.807) is 18.2 Å². The van der Waals surface area contributed by atoms with Crippen LogP contribution >= 0.6 is 11.6 Å². The van der Waals surface area contributed by atoms with Crippen LogP contribution in [0.3, 0.4) is 0 Å². The second-order valence-corrected chi connectivity index (χ2v) is 5.28. The maximum atomic E-state index is 12.2. The number of halogens is 1. The maximum absolute atomic E-state index is 12.2. The van der Waals surface area contributed by atoms with E-state index in [1.165, 1.54) is 0 Å². The summed E-state index contributed by atoms with van der Waals surface area (Å²) in [6, 6.07) is 4.98. The van der Waals surface area contributed by atoms with Gasteiger partial charge in [0.05, 0.1) is 5.02 Å². The van der Waals surface area contributed by atoms with Gasteiger partial charge in [0.2, 0.25) is 0 Å². The van der Waals surface area contributed by atoms with Crippen molar-refractivity contribution in [1.82, 2.24) is 5.32 Å². The van der Waals surface area contributed by atoms with Crippen LogP contribution in [-0.2, 0) is 0 Å². The molecule has 1 aromatic carbocycles. The Hall–Kier alpha value is -1.50. The molecule has 0 unspecified atom stereocenters. The lowest BCUT2D eigenvalue weighted by Gasteiger charge is -2.28. The number of rotatable bonds is 4. The third-order valence-corrected chi connectivity index (χ3v) is 3.82. The van der Waals surface area contributed by atoms with Gasteiger partial charge in [-0.3, -0.25) is 4.79 Å². The Morgan fingerprint density at radius 1 is 1.40 bits per heavy atom. The smallest absolute Gasteiger partial charge is 0.251 e. The highest BCUT2D eigenvalue weighted by atomic mass is 35.5. The fourth-order valence-corrected chi connectivity index (χ4v) is 1.89. The molecule has 0 aliphatic carbocycles. The van der Waals surface area contributed by atoms with Gasteiger partial charge in [0.1, 0.15) is 6.61 Å². The molecule has 1 rings (SSSR count). The van der Waals surface area contributed by atoms with Crippen molar-refractivity contribution >= 4 is 17.5 Å². The highest BCUT2D eigenvalue weighted by Gasteiger charge is 2.22. The van der Waals surface area contributed by atoms with Gasteiger partial charge in [0.15, 0.2) is 0 Å². The van der Waals surface area contributed by atoms with Crippen LogP contribution in [0.4, 0.5) is 0 Å². The molecule has 3 nitrogen and oxygen atoms in total. The summed E-state index contributed by atoms with van der Waals surface area (Å²) in [4.78, 5) is 12.2. The Morgan fingerprint density at radius 3 is 2.55 bits per heavy atom. The van der Waals surface area contributed by atoms with Crippen molar-refractivity contribution in [3.63, 3.8) is 0 Å². The van der Waals surface area contributed by atoms with E-state index in [1.807, 2.05) is 20.8 Å². The Balaban J connectivity index is 2.93. The number of aliphatic hydroxyl groups excluding tert-OH is 1. The standard InChI is InChI=1S/C16H20ClNO2/c1-4-16(3,5-2)18-15(20)13-9-8-12(7-6-10-19)14(17)11-13/h8-9,11,19H,4-5,10H2,1-3H3,(H,18,20). The van der Waals surface area contributed by atoms with Crippen molar-refractivity contribution in [3.05, 3.63) is 34.3 Å². The molecule has 0 fully saturated rings. The Labute approximate surface area is 125 Å². The molecular weight excluding hydrogens is 274 g/mol. The molecule has 108 valence electrons. The number of amides is 1. The average molecular weight is 294 g/mol. The van der Waals surface area contributed by atoms with E-state index in [0.29, 0.717) is 16.1 Å². The molecule has 0 spiro atoms. The molecule has 1 aromatic rings. The molecule has 0 radical (unpaired) electrons. The van der Waals surface area contributed by atoms with Gasteiger partial charge in [0, 0.05) is 16.7 Å². The highest BCUT2D eigenvalue weighted by molar-refractivity contribution is 6.32. The summed E-state index contributed by atoms with van der Waals surface area (Å²) < 4.78 is 0. The first kappa shape index (κ1) is 16.6. The topological polar surface area (TPSA) is 49.3 Å². The lowest BCUT2D eigenvalue weighted by atomic mass is 9.95. The van der Waals surface area contributed by atoms with Crippen molar-refractivity contribution in [3.8, 4) is 11.8 Å². The van der Waals surface area contributed by atoms with Crippen LogP contribution in [-0.4, -0.2) is 23.2 Å². The third-order valence-electron chi connectivity index (χ3n) is 3.51. The summed E-state index contributed by atoms with van der Waals surface area (Å²) in [5, 5.41) is 12.1. The largest absolute Gasteiger partial charge is 0.384 e. The monoisotopic (exact) mass is 293 g/mol. The van der Waals surface area contributed by atoms with Crippen molar-refractivity contribution in [2.45, 2.75) is 39.2 Å². The zero-order valence-electron chi connectivity index (χ0n) is 12.1. The van der Waals surface area contributed by atoms with E-state index >= 15 is 0 Å². The summed E-state index contributed by atoms with van der Waals surface area (Å²) in [6.07, 6.45) is 1.73. The quantitative estimate of drug-likeness (QED) is 0.839. The summed E-state index contributed by atoms with van der Waals surface area (Å²) in [5.41, 5.74) is 0.905. The van der Waals surface area contributed by atoms with Crippen LogP contribution < -0.4 is 5.32 Å². The molecule has 0 saturated carbocycles. The Morgan fingerprint density at radius 2 is 2.05 bits per heavy atom. The molecule has 0 aliphatic rings.